The van der Waals surface area contributed by atoms with Crippen molar-refractivity contribution in [1.82, 2.24) is 4.90 Å². The van der Waals surface area contributed by atoms with Gasteiger partial charge in [-0.15, -0.1) is 0 Å². The molecule has 1 aromatic rings. The number of carboxylic acids is 1. The van der Waals surface area contributed by atoms with Gasteiger partial charge in [0.05, 0.1) is 18.6 Å². The number of nitrogens with zero attached hydrogens (tertiary/aromatic N) is 1. The second-order valence-corrected chi connectivity index (χ2v) is 5.91. The Morgan fingerprint density at radius 3 is 2.43 bits per heavy atom. The predicted molar refractivity (Wildman–Crippen MR) is 82.6 cm³/mol. The Kier molecular flexibility index (Phi) is 5.23. The summed E-state index contributed by atoms with van der Waals surface area (Å²) in [5.74, 6) is 0.0930. The van der Waals surface area contributed by atoms with E-state index >= 15 is 0 Å². The zero-order valence-corrected chi connectivity index (χ0v) is 13.0. The zero-order chi connectivity index (χ0) is 15.3. The Labute approximate surface area is 126 Å². The van der Waals surface area contributed by atoms with E-state index in [-0.39, 0.29) is 6.42 Å². The van der Waals surface area contributed by atoms with Gasteiger partial charge in [-0.3, -0.25) is 9.69 Å². The summed E-state index contributed by atoms with van der Waals surface area (Å²) in [6.45, 7) is 6.76. The van der Waals surface area contributed by atoms with Crippen LogP contribution in [0.1, 0.15) is 45.1 Å². The molecule has 1 aromatic carbocycles. The Hall–Kier alpha value is -1.55. The minimum absolute atomic E-state index is 0.127. The van der Waals surface area contributed by atoms with Crippen LogP contribution in [0.25, 0.3) is 0 Å². The fourth-order valence-electron chi connectivity index (χ4n) is 3.03. The van der Waals surface area contributed by atoms with Crippen LogP contribution >= 0.6 is 0 Å². The molecule has 0 radical (unpaired) electrons. The number of carboxylic acid groups (broad SMARTS) is 1. The summed E-state index contributed by atoms with van der Waals surface area (Å²) in [4.78, 5) is 13.6. The first-order valence-electron chi connectivity index (χ1n) is 7.76. The third kappa shape index (κ3) is 3.76. The fraction of sp³-hybridized carbons (Fsp3) is 0.588. The van der Waals surface area contributed by atoms with Gasteiger partial charge in [-0.25, -0.2) is 0 Å². The SMILES string of the molecule is CCCOc1ccc(C(C)(CC(=O)O)N2CCCC2)cc1. The second-order valence-electron chi connectivity index (χ2n) is 5.91. The first kappa shape index (κ1) is 15.8. The summed E-state index contributed by atoms with van der Waals surface area (Å²) in [6.07, 6.45) is 3.40. The molecule has 1 aliphatic rings. The van der Waals surface area contributed by atoms with E-state index in [0.29, 0.717) is 6.61 Å². The third-order valence-electron chi connectivity index (χ3n) is 4.25. The van der Waals surface area contributed by atoms with E-state index < -0.39 is 11.5 Å². The lowest BCUT2D eigenvalue weighted by molar-refractivity contribution is -0.140. The summed E-state index contributed by atoms with van der Waals surface area (Å²) in [6, 6.07) is 7.90. The molecule has 21 heavy (non-hydrogen) atoms. The van der Waals surface area contributed by atoms with Crippen molar-refractivity contribution in [3.8, 4) is 5.75 Å². The second kappa shape index (κ2) is 6.94. The quantitative estimate of drug-likeness (QED) is 0.837. The van der Waals surface area contributed by atoms with E-state index in [0.717, 1.165) is 43.7 Å². The molecule has 0 aliphatic carbocycles. The molecule has 0 spiro atoms. The lowest BCUT2D eigenvalue weighted by Gasteiger charge is -2.38. The van der Waals surface area contributed by atoms with Crippen LogP contribution in [-0.2, 0) is 10.3 Å². The average molecular weight is 291 g/mol. The van der Waals surface area contributed by atoms with Crippen molar-refractivity contribution in [1.29, 1.82) is 0 Å². The molecule has 4 nitrogen and oxygen atoms in total. The molecule has 4 heteroatoms. The first-order valence-corrected chi connectivity index (χ1v) is 7.76. The van der Waals surface area contributed by atoms with Gasteiger partial charge in [-0.2, -0.15) is 0 Å². The number of hydrogen-bond donors (Lipinski definition) is 1. The van der Waals surface area contributed by atoms with E-state index in [2.05, 4.69) is 11.8 Å². The predicted octanol–water partition coefficient (Wildman–Crippen LogP) is 3.26. The molecule has 1 fully saturated rings. The molecule has 1 saturated heterocycles. The minimum atomic E-state index is -0.754. The molecular formula is C17H25NO3. The third-order valence-corrected chi connectivity index (χ3v) is 4.25. The zero-order valence-electron chi connectivity index (χ0n) is 13.0. The van der Waals surface area contributed by atoms with Crippen LogP contribution in [0.15, 0.2) is 24.3 Å². The molecule has 0 bridgehead atoms. The molecule has 1 aliphatic heterocycles. The first-order chi connectivity index (χ1) is 10.1. The maximum Gasteiger partial charge on any atom is 0.305 e. The van der Waals surface area contributed by atoms with Crippen LogP contribution in [0.2, 0.25) is 0 Å². The topological polar surface area (TPSA) is 49.8 Å². The lowest BCUT2D eigenvalue weighted by Crippen LogP contribution is -2.43. The largest absolute Gasteiger partial charge is 0.494 e. The van der Waals surface area contributed by atoms with Crippen LogP contribution in [0.4, 0.5) is 0 Å². The van der Waals surface area contributed by atoms with Crippen molar-refractivity contribution in [3.05, 3.63) is 29.8 Å². The van der Waals surface area contributed by atoms with Gasteiger partial charge in [-0.1, -0.05) is 19.1 Å². The molecule has 1 atom stereocenters. The van der Waals surface area contributed by atoms with E-state index in [4.69, 9.17) is 4.74 Å². The van der Waals surface area contributed by atoms with Gasteiger partial charge in [-0.05, 0) is 57.0 Å². The highest BCUT2D eigenvalue weighted by Crippen LogP contribution is 2.35. The molecule has 0 saturated carbocycles. The number of hydrogen-bond acceptors (Lipinski definition) is 3. The fourth-order valence-corrected chi connectivity index (χ4v) is 3.03. The minimum Gasteiger partial charge on any atom is -0.494 e. The summed E-state index contributed by atoms with van der Waals surface area (Å²) in [7, 11) is 0. The standard InChI is InChI=1S/C17H25NO3/c1-3-12-21-15-8-6-14(7-9-15)17(2,13-16(19)20)18-10-4-5-11-18/h6-9H,3-5,10-13H2,1-2H3,(H,19,20). The van der Waals surface area contributed by atoms with Crippen LogP contribution in [0.5, 0.6) is 5.75 Å². The van der Waals surface area contributed by atoms with Gasteiger partial charge in [0.15, 0.2) is 0 Å². The highest BCUT2D eigenvalue weighted by molar-refractivity contribution is 5.69. The van der Waals surface area contributed by atoms with Gasteiger partial charge in [0.1, 0.15) is 5.75 Å². The molecule has 1 heterocycles. The number of carbonyl (C=O) groups is 1. The smallest absolute Gasteiger partial charge is 0.305 e. The van der Waals surface area contributed by atoms with Gasteiger partial charge < -0.3 is 9.84 Å². The maximum atomic E-state index is 11.3. The Morgan fingerprint density at radius 2 is 1.90 bits per heavy atom. The van der Waals surface area contributed by atoms with E-state index in [1.807, 2.05) is 31.2 Å². The van der Waals surface area contributed by atoms with Crippen molar-refractivity contribution in [3.63, 3.8) is 0 Å². The van der Waals surface area contributed by atoms with Crippen molar-refractivity contribution >= 4 is 5.97 Å². The highest BCUT2D eigenvalue weighted by Gasteiger charge is 2.37. The van der Waals surface area contributed by atoms with E-state index in [9.17, 15) is 9.90 Å². The van der Waals surface area contributed by atoms with Crippen LogP contribution < -0.4 is 4.74 Å². The molecular weight excluding hydrogens is 266 g/mol. The van der Waals surface area contributed by atoms with Crippen LogP contribution in [0, 0.1) is 0 Å². The number of benzene rings is 1. The molecule has 116 valence electrons. The van der Waals surface area contributed by atoms with Gasteiger partial charge in [0, 0.05) is 0 Å². The van der Waals surface area contributed by atoms with Crippen molar-refractivity contribution in [2.45, 2.75) is 45.1 Å². The van der Waals surface area contributed by atoms with Crippen molar-refractivity contribution in [2.75, 3.05) is 19.7 Å². The summed E-state index contributed by atoms with van der Waals surface area (Å²) >= 11 is 0. The number of likely N-dealkylation sites (tertiary alicyclic amines) is 1. The van der Waals surface area contributed by atoms with Gasteiger partial charge in [0.25, 0.3) is 0 Å². The van der Waals surface area contributed by atoms with Crippen LogP contribution in [0.3, 0.4) is 0 Å². The summed E-state index contributed by atoms with van der Waals surface area (Å²) in [5, 5.41) is 9.29. The lowest BCUT2D eigenvalue weighted by atomic mass is 9.87. The molecule has 0 amide bonds. The summed E-state index contributed by atoms with van der Waals surface area (Å²) in [5.41, 5.74) is 0.613. The maximum absolute atomic E-state index is 11.3. The molecule has 1 N–H and O–H groups in total. The van der Waals surface area contributed by atoms with Crippen molar-refractivity contribution < 1.29 is 14.6 Å². The van der Waals surface area contributed by atoms with Crippen LogP contribution in [-0.4, -0.2) is 35.7 Å². The summed E-state index contributed by atoms with van der Waals surface area (Å²) < 4.78 is 5.60. The van der Waals surface area contributed by atoms with Crippen molar-refractivity contribution in [2.24, 2.45) is 0 Å². The number of rotatable bonds is 7. The molecule has 0 aromatic heterocycles. The van der Waals surface area contributed by atoms with Gasteiger partial charge in [0.2, 0.25) is 0 Å². The number of aliphatic carboxylic acids is 1. The van der Waals surface area contributed by atoms with E-state index in [1.165, 1.54) is 0 Å². The Morgan fingerprint density at radius 1 is 1.29 bits per heavy atom. The van der Waals surface area contributed by atoms with E-state index in [1.54, 1.807) is 0 Å². The highest BCUT2D eigenvalue weighted by atomic mass is 16.5. The normalized spacial score (nSPS) is 18.4. The Balaban J connectivity index is 2.21. The molecule has 1 unspecified atom stereocenters. The Bertz CT molecular complexity index is 465. The number of ether oxygens (including phenoxy) is 1. The van der Waals surface area contributed by atoms with Gasteiger partial charge >= 0.3 is 5.97 Å². The molecule has 2 rings (SSSR count). The monoisotopic (exact) mass is 291 g/mol. The average Bonchev–Trinajstić information content (AvgIpc) is 2.99.